The van der Waals surface area contributed by atoms with Crippen LogP contribution in [0.1, 0.15) is 37.4 Å². The molecule has 0 aromatic carbocycles. The third-order valence-corrected chi connectivity index (χ3v) is 5.86. The first-order valence-electron chi connectivity index (χ1n) is 10.7. The number of fused-ring (bicyclic) bond motifs is 1. The number of nitrogens with two attached hydrogens (primary N) is 1. The summed E-state index contributed by atoms with van der Waals surface area (Å²) in [5.74, 6) is 1.78. The summed E-state index contributed by atoms with van der Waals surface area (Å²) in [6.07, 6.45) is 11.4. The first-order valence-corrected chi connectivity index (χ1v) is 10.7. The van der Waals surface area contributed by atoms with Gasteiger partial charge >= 0.3 is 0 Å². The second-order valence-electron chi connectivity index (χ2n) is 8.14. The van der Waals surface area contributed by atoms with E-state index in [1.807, 2.05) is 20.0 Å². The molecule has 0 unspecified atom stereocenters. The molecule has 4 aromatic rings. The van der Waals surface area contributed by atoms with E-state index in [9.17, 15) is 5.11 Å². The van der Waals surface area contributed by atoms with E-state index in [0.717, 1.165) is 41.0 Å². The van der Waals surface area contributed by atoms with E-state index in [2.05, 4.69) is 25.4 Å². The number of nitrogens with one attached hydrogen (secondary N) is 1. The molecule has 0 radical (unpaired) electrons. The van der Waals surface area contributed by atoms with Crippen molar-refractivity contribution in [3.63, 3.8) is 0 Å². The smallest absolute Gasteiger partial charge is 0.159 e. The normalized spacial score (nSPS) is 18.3. The van der Waals surface area contributed by atoms with Gasteiger partial charge in [-0.2, -0.15) is 5.10 Å². The van der Waals surface area contributed by atoms with Gasteiger partial charge in [-0.3, -0.25) is 0 Å². The molecule has 4 N–H and O–H groups in total. The Morgan fingerprint density at radius 1 is 1.16 bits per heavy atom. The summed E-state index contributed by atoms with van der Waals surface area (Å²) in [6.45, 7) is 3.97. The Labute approximate surface area is 185 Å². The Morgan fingerprint density at radius 2 is 2.03 bits per heavy atom. The average Bonchev–Trinajstić information content (AvgIpc) is 3.43. The second kappa shape index (κ2) is 8.12. The zero-order chi connectivity index (χ0) is 22.2. The molecule has 164 valence electrons. The number of aryl methyl sites for hydroxylation is 2. The summed E-state index contributed by atoms with van der Waals surface area (Å²) in [4.78, 5) is 22.5. The summed E-state index contributed by atoms with van der Waals surface area (Å²) in [6, 6.07) is 0.174. The van der Waals surface area contributed by atoms with Crippen molar-refractivity contribution in [2.75, 3.05) is 11.1 Å². The van der Waals surface area contributed by atoms with E-state index < -0.39 is 0 Å². The fourth-order valence-electron chi connectivity index (χ4n) is 4.16. The van der Waals surface area contributed by atoms with Crippen molar-refractivity contribution in [1.82, 2.24) is 34.7 Å². The number of aliphatic hydroxyl groups excluding tert-OH is 1. The van der Waals surface area contributed by atoms with Crippen LogP contribution in [-0.4, -0.2) is 52.0 Å². The molecule has 0 aliphatic heterocycles. The summed E-state index contributed by atoms with van der Waals surface area (Å²) in [5.41, 5.74) is 10.8. The molecule has 5 rings (SSSR count). The zero-order valence-electron chi connectivity index (χ0n) is 18.0. The minimum atomic E-state index is -0.266. The topological polar surface area (TPSA) is 141 Å². The fourth-order valence-corrected chi connectivity index (χ4v) is 4.16. The molecule has 4 aromatic heterocycles. The van der Waals surface area contributed by atoms with Crippen molar-refractivity contribution in [2.45, 2.75) is 51.7 Å². The zero-order valence-corrected chi connectivity index (χ0v) is 18.0. The summed E-state index contributed by atoms with van der Waals surface area (Å²) in [7, 11) is 0. The van der Waals surface area contributed by atoms with Crippen LogP contribution in [0.4, 0.5) is 11.6 Å². The molecule has 10 nitrogen and oxygen atoms in total. The molecule has 0 amide bonds. The third kappa shape index (κ3) is 3.62. The molecule has 0 saturated heterocycles. The van der Waals surface area contributed by atoms with Crippen molar-refractivity contribution in [2.24, 2.45) is 0 Å². The standard InChI is InChI=1S/C22H25N9O/c1-3-17-21(28-14-4-5-15(32)6-14)30-18-16(9-25-20(23)19(18)29-17)13-8-27-31(10-13)22-12(2)7-24-11-26-22/h7-11,14-15,32H,3-6H2,1-2H3,(H2,23,25)(H,28,30)/t14-,15+/m1/s1. The van der Waals surface area contributed by atoms with Crippen molar-refractivity contribution >= 4 is 22.7 Å². The molecular weight excluding hydrogens is 406 g/mol. The van der Waals surface area contributed by atoms with Gasteiger partial charge in [0.05, 0.1) is 18.0 Å². The van der Waals surface area contributed by atoms with Gasteiger partial charge in [0.15, 0.2) is 11.6 Å². The number of hydrogen-bond acceptors (Lipinski definition) is 9. The minimum Gasteiger partial charge on any atom is -0.393 e. The number of nitrogens with zero attached hydrogens (tertiary/aromatic N) is 7. The van der Waals surface area contributed by atoms with Gasteiger partial charge in [0, 0.05) is 41.3 Å². The van der Waals surface area contributed by atoms with Crippen LogP contribution in [0.5, 0.6) is 0 Å². The number of anilines is 2. The predicted octanol–water partition coefficient (Wildman–Crippen LogP) is 2.45. The lowest BCUT2D eigenvalue weighted by Gasteiger charge is -2.17. The lowest BCUT2D eigenvalue weighted by molar-refractivity contribution is 0.182. The Balaban J connectivity index is 1.60. The number of aromatic nitrogens is 7. The summed E-state index contributed by atoms with van der Waals surface area (Å²) in [5, 5.41) is 17.9. The molecule has 1 aliphatic carbocycles. The van der Waals surface area contributed by atoms with E-state index in [-0.39, 0.29) is 12.1 Å². The van der Waals surface area contributed by atoms with Crippen LogP contribution in [0.3, 0.4) is 0 Å². The lowest BCUT2D eigenvalue weighted by atomic mass is 10.1. The molecule has 2 atom stereocenters. The molecule has 1 aliphatic rings. The monoisotopic (exact) mass is 431 g/mol. The highest BCUT2D eigenvalue weighted by atomic mass is 16.3. The quantitative estimate of drug-likeness (QED) is 0.434. The SMILES string of the molecule is CCc1nc2c(N)ncc(-c3cnn(-c4ncncc4C)c3)c2nc1N[C@@H]1CC[C@H](O)C1. The van der Waals surface area contributed by atoms with Crippen LogP contribution in [-0.2, 0) is 6.42 Å². The van der Waals surface area contributed by atoms with E-state index in [0.29, 0.717) is 35.5 Å². The van der Waals surface area contributed by atoms with Crippen LogP contribution in [0, 0.1) is 6.92 Å². The van der Waals surface area contributed by atoms with Crippen molar-refractivity contribution in [3.05, 3.63) is 42.4 Å². The van der Waals surface area contributed by atoms with Crippen molar-refractivity contribution in [3.8, 4) is 16.9 Å². The molecule has 1 saturated carbocycles. The second-order valence-corrected chi connectivity index (χ2v) is 8.14. The van der Waals surface area contributed by atoms with Crippen molar-refractivity contribution < 1.29 is 5.11 Å². The number of aliphatic hydroxyl groups is 1. The van der Waals surface area contributed by atoms with Gasteiger partial charge in [-0.15, -0.1) is 0 Å². The van der Waals surface area contributed by atoms with Gasteiger partial charge in [-0.05, 0) is 32.6 Å². The third-order valence-electron chi connectivity index (χ3n) is 5.86. The van der Waals surface area contributed by atoms with E-state index >= 15 is 0 Å². The molecule has 4 heterocycles. The van der Waals surface area contributed by atoms with E-state index in [1.54, 1.807) is 23.3 Å². The van der Waals surface area contributed by atoms with Crippen molar-refractivity contribution in [1.29, 1.82) is 0 Å². The Bertz CT molecular complexity index is 1290. The number of pyridine rings is 1. The van der Waals surface area contributed by atoms with Gasteiger partial charge in [0.2, 0.25) is 0 Å². The lowest BCUT2D eigenvalue weighted by Crippen LogP contribution is -2.19. The van der Waals surface area contributed by atoms with Gasteiger partial charge < -0.3 is 16.2 Å². The van der Waals surface area contributed by atoms with Gasteiger partial charge in [0.25, 0.3) is 0 Å². The predicted molar refractivity (Wildman–Crippen MR) is 121 cm³/mol. The summed E-state index contributed by atoms with van der Waals surface area (Å²) >= 11 is 0. The van der Waals surface area contributed by atoms with Crippen LogP contribution < -0.4 is 11.1 Å². The Kier molecular flexibility index (Phi) is 5.14. The Hall–Kier alpha value is -3.66. The average molecular weight is 432 g/mol. The largest absolute Gasteiger partial charge is 0.393 e. The maximum atomic E-state index is 9.90. The maximum Gasteiger partial charge on any atom is 0.159 e. The highest BCUT2D eigenvalue weighted by molar-refractivity contribution is 5.96. The van der Waals surface area contributed by atoms with Crippen LogP contribution in [0.2, 0.25) is 0 Å². The molecule has 1 fully saturated rings. The van der Waals surface area contributed by atoms with Gasteiger partial charge in [0.1, 0.15) is 23.2 Å². The number of hydrogen-bond donors (Lipinski definition) is 3. The molecule has 0 spiro atoms. The first-order chi connectivity index (χ1) is 15.5. The molecule has 32 heavy (non-hydrogen) atoms. The maximum absolute atomic E-state index is 9.90. The van der Waals surface area contributed by atoms with Gasteiger partial charge in [-0.1, -0.05) is 6.92 Å². The minimum absolute atomic E-state index is 0.174. The highest BCUT2D eigenvalue weighted by Crippen LogP contribution is 2.32. The van der Waals surface area contributed by atoms with E-state index in [4.69, 9.17) is 15.7 Å². The van der Waals surface area contributed by atoms with Crippen LogP contribution >= 0.6 is 0 Å². The van der Waals surface area contributed by atoms with Crippen LogP contribution in [0.25, 0.3) is 28.0 Å². The molecule has 10 heteroatoms. The van der Waals surface area contributed by atoms with Gasteiger partial charge in [-0.25, -0.2) is 29.6 Å². The van der Waals surface area contributed by atoms with Crippen LogP contribution in [0.15, 0.2) is 31.1 Å². The fraction of sp³-hybridized carbons (Fsp3) is 0.364. The number of rotatable bonds is 5. The molecule has 0 bridgehead atoms. The highest BCUT2D eigenvalue weighted by Gasteiger charge is 2.24. The Morgan fingerprint density at radius 3 is 2.78 bits per heavy atom. The van der Waals surface area contributed by atoms with E-state index in [1.165, 1.54) is 6.33 Å². The summed E-state index contributed by atoms with van der Waals surface area (Å²) < 4.78 is 1.71. The molecular formula is C22H25N9O. The number of nitrogen functional groups attached to an aromatic ring is 1. The first kappa shape index (κ1) is 20.3.